The summed E-state index contributed by atoms with van der Waals surface area (Å²) in [7, 11) is 1.83. The van der Waals surface area contributed by atoms with Crippen LogP contribution in [0.4, 0.5) is 0 Å². The van der Waals surface area contributed by atoms with Crippen LogP contribution < -0.4 is 5.32 Å². The SMILES string of the molecule is COC1(C23CCCCC2OCCN3)C=CC=CC1. The monoisotopic (exact) mass is 249 g/mol. The fraction of sp³-hybridized carbons (Fsp3) is 0.733. The molecule has 18 heavy (non-hydrogen) atoms. The quantitative estimate of drug-likeness (QED) is 0.813. The Morgan fingerprint density at radius 3 is 3.06 bits per heavy atom. The van der Waals surface area contributed by atoms with Gasteiger partial charge in [-0.05, 0) is 12.8 Å². The molecule has 0 bridgehead atoms. The van der Waals surface area contributed by atoms with Gasteiger partial charge in [-0.1, -0.05) is 37.1 Å². The number of ether oxygens (including phenoxy) is 2. The van der Waals surface area contributed by atoms with Gasteiger partial charge in [0.1, 0.15) is 5.60 Å². The third-order valence-electron chi connectivity index (χ3n) is 4.85. The van der Waals surface area contributed by atoms with Crippen molar-refractivity contribution in [2.24, 2.45) is 0 Å². The average molecular weight is 249 g/mol. The van der Waals surface area contributed by atoms with Gasteiger partial charge >= 0.3 is 0 Å². The lowest BCUT2D eigenvalue weighted by atomic mass is 9.65. The molecule has 3 nitrogen and oxygen atoms in total. The first-order valence-corrected chi connectivity index (χ1v) is 7.09. The lowest BCUT2D eigenvalue weighted by Gasteiger charge is -2.57. The highest BCUT2D eigenvalue weighted by Gasteiger charge is 2.57. The van der Waals surface area contributed by atoms with Crippen LogP contribution in [0, 0.1) is 0 Å². The molecule has 1 saturated heterocycles. The summed E-state index contributed by atoms with van der Waals surface area (Å²) in [5.74, 6) is 0. The first kappa shape index (κ1) is 12.4. The Morgan fingerprint density at radius 2 is 2.28 bits per heavy atom. The molecule has 3 rings (SSSR count). The summed E-state index contributed by atoms with van der Waals surface area (Å²) >= 11 is 0. The lowest BCUT2D eigenvalue weighted by molar-refractivity contribution is -0.158. The Bertz CT molecular complexity index is 352. The molecule has 0 spiro atoms. The highest BCUT2D eigenvalue weighted by molar-refractivity contribution is 5.29. The van der Waals surface area contributed by atoms with Gasteiger partial charge in [0, 0.05) is 20.1 Å². The Morgan fingerprint density at radius 1 is 1.33 bits per heavy atom. The van der Waals surface area contributed by atoms with E-state index in [2.05, 4.69) is 29.6 Å². The molecule has 1 N–H and O–H groups in total. The fourth-order valence-electron chi connectivity index (χ4n) is 3.94. The number of hydrogen-bond donors (Lipinski definition) is 1. The molecule has 100 valence electrons. The second-order valence-corrected chi connectivity index (χ2v) is 5.59. The predicted octanol–water partition coefficient (Wildman–Crippen LogP) is 2.19. The standard InChI is InChI=1S/C15H23NO2/c1-17-14(8-4-2-5-9-14)15-10-6-3-7-13(15)18-12-11-16-15/h2,4-5,8,13,16H,3,6-7,9-12H2,1H3. The zero-order chi connectivity index (χ0) is 12.5. The molecule has 0 aromatic heterocycles. The molecule has 0 amide bonds. The molecule has 3 aliphatic rings. The van der Waals surface area contributed by atoms with Gasteiger partial charge in [-0.15, -0.1) is 0 Å². The van der Waals surface area contributed by atoms with Gasteiger partial charge in [0.2, 0.25) is 0 Å². The second-order valence-electron chi connectivity index (χ2n) is 5.59. The number of hydrogen-bond acceptors (Lipinski definition) is 3. The predicted molar refractivity (Wildman–Crippen MR) is 71.6 cm³/mol. The van der Waals surface area contributed by atoms with Gasteiger partial charge in [0.05, 0.1) is 18.2 Å². The summed E-state index contributed by atoms with van der Waals surface area (Å²) < 4.78 is 12.1. The molecule has 0 aromatic rings. The van der Waals surface area contributed by atoms with Gasteiger partial charge < -0.3 is 14.8 Å². The maximum absolute atomic E-state index is 6.06. The van der Waals surface area contributed by atoms with Crippen LogP contribution in [-0.2, 0) is 9.47 Å². The largest absolute Gasteiger partial charge is 0.375 e. The smallest absolute Gasteiger partial charge is 0.110 e. The number of fused-ring (bicyclic) bond motifs is 1. The van der Waals surface area contributed by atoms with Gasteiger partial charge in [0.25, 0.3) is 0 Å². The Balaban J connectivity index is 1.98. The first-order valence-electron chi connectivity index (χ1n) is 7.09. The summed E-state index contributed by atoms with van der Waals surface area (Å²) in [6, 6.07) is 0. The zero-order valence-electron chi connectivity index (χ0n) is 11.2. The highest BCUT2D eigenvalue weighted by atomic mass is 16.5. The Kier molecular flexibility index (Phi) is 3.31. The van der Waals surface area contributed by atoms with Crippen LogP contribution in [0.5, 0.6) is 0 Å². The fourth-order valence-corrected chi connectivity index (χ4v) is 3.94. The van der Waals surface area contributed by atoms with Gasteiger partial charge in [-0.25, -0.2) is 0 Å². The zero-order valence-corrected chi connectivity index (χ0v) is 11.2. The van der Waals surface area contributed by atoms with E-state index < -0.39 is 0 Å². The molecular weight excluding hydrogens is 226 g/mol. The van der Waals surface area contributed by atoms with E-state index in [1.807, 2.05) is 7.11 Å². The summed E-state index contributed by atoms with van der Waals surface area (Å²) in [6.45, 7) is 1.75. The van der Waals surface area contributed by atoms with Crippen molar-refractivity contribution in [1.29, 1.82) is 0 Å². The third kappa shape index (κ3) is 1.68. The maximum Gasteiger partial charge on any atom is 0.110 e. The topological polar surface area (TPSA) is 30.5 Å². The highest BCUT2D eigenvalue weighted by Crippen LogP contribution is 2.45. The van der Waals surface area contributed by atoms with Crippen LogP contribution in [0.1, 0.15) is 32.1 Å². The Hall–Kier alpha value is -0.640. The van der Waals surface area contributed by atoms with Crippen molar-refractivity contribution < 1.29 is 9.47 Å². The molecule has 2 aliphatic carbocycles. The van der Waals surface area contributed by atoms with Crippen molar-refractivity contribution in [2.75, 3.05) is 20.3 Å². The maximum atomic E-state index is 6.06. The first-order chi connectivity index (χ1) is 8.83. The average Bonchev–Trinajstić information content (AvgIpc) is 2.48. The number of rotatable bonds is 2. The van der Waals surface area contributed by atoms with Crippen molar-refractivity contribution in [3.05, 3.63) is 24.3 Å². The molecule has 1 heterocycles. The van der Waals surface area contributed by atoms with E-state index in [1.165, 1.54) is 12.8 Å². The van der Waals surface area contributed by atoms with E-state index >= 15 is 0 Å². The van der Waals surface area contributed by atoms with E-state index in [-0.39, 0.29) is 17.2 Å². The third-order valence-corrected chi connectivity index (χ3v) is 4.85. The molecule has 3 heteroatoms. The minimum absolute atomic E-state index is 0.0422. The van der Waals surface area contributed by atoms with Crippen LogP contribution in [0.3, 0.4) is 0 Å². The van der Waals surface area contributed by atoms with Crippen LogP contribution in [-0.4, -0.2) is 37.5 Å². The number of morpholine rings is 1. The van der Waals surface area contributed by atoms with Gasteiger partial charge in [-0.3, -0.25) is 0 Å². The van der Waals surface area contributed by atoms with Crippen LogP contribution >= 0.6 is 0 Å². The number of methoxy groups -OCH3 is 1. The minimum atomic E-state index is -0.243. The van der Waals surface area contributed by atoms with Crippen molar-refractivity contribution in [2.45, 2.75) is 49.3 Å². The molecule has 0 radical (unpaired) electrons. The molecule has 1 saturated carbocycles. The molecular formula is C15H23NO2. The summed E-state index contributed by atoms with van der Waals surface area (Å²) in [4.78, 5) is 0. The molecule has 3 atom stereocenters. The molecule has 0 aromatic carbocycles. The van der Waals surface area contributed by atoms with Crippen molar-refractivity contribution in [3.8, 4) is 0 Å². The summed E-state index contributed by atoms with van der Waals surface area (Å²) in [5.41, 5.74) is -0.285. The Labute approximate surface area is 109 Å². The summed E-state index contributed by atoms with van der Waals surface area (Å²) in [6.07, 6.45) is 14.7. The van der Waals surface area contributed by atoms with E-state index in [1.54, 1.807) is 0 Å². The number of allylic oxidation sites excluding steroid dienone is 2. The molecule has 1 aliphatic heterocycles. The minimum Gasteiger partial charge on any atom is -0.375 e. The van der Waals surface area contributed by atoms with Crippen molar-refractivity contribution in [3.63, 3.8) is 0 Å². The van der Waals surface area contributed by atoms with Gasteiger partial charge in [-0.2, -0.15) is 0 Å². The van der Waals surface area contributed by atoms with E-state index in [9.17, 15) is 0 Å². The van der Waals surface area contributed by atoms with Crippen LogP contribution in [0.15, 0.2) is 24.3 Å². The molecule has 3 unspecified atom stereocenters. The van der Waals surface area contributed by atoms with E-state index in [0.29, 0.717) is 0 Å². The summed E-state index contributed by atoms with van der Waals surface area (Å²) in [5, 5.41) is 3.76. The van der Waals surface area contributed by atoms with E-state index in [0.717, 1.165) is 32.4 Å². The normalized spacial score (nSPS) is 43.7. The molecule has 2 fully saturated rings. The lowest BCUT2D eigenvalue weighted by Crippen LogP contribution is -2.73. The van der Waals surface area contributed by atoms with Crippen LogP contribution in [0.2, 0.25) is 0 Å². The van der Waals surface area contributed by atoms with Crippen molar-refractivity contribution >= 4 is 0 Å². The van der Waals surface area contributed by atoms with Gasteiger partial charge in [0.15, 0.2) is 0 Å². The second kappa shape index (κ2) is 4.80. The number of nitrogens with one attached hydrogen (secondary N) is 1. The van der Waals surface area contributed by atoms with Crippen molar-refractivity contribution in [1.82, 2.24) is 5.32 Å². The van der Waals surface area contributed by atoms with E-state index in [4.69, 9.17) is 9.47 Å². The van der Waals surface area contributed by atoms with Crippen LogP contribution in [0.25, 0.3) is 0 Å².